The summed E-state index contributed by atoms with van der Waals surface area (Å²) in [5, 5.41) is 11.0. The number of benzene rings is 1. The minimum Gasteiger partial charge on any atom is -0.399 e. The summed E-state index contributed by atoms with van der Waals surface area (Å²) in [6, 6.07) is 3.46. The molecule has 1 fully saturated rings. The van der Waals surface area contributed by atoms with Gasteiger partial charge in [0.15, 0.2) is 4.90 Å². The highest BCUT2D eigenvalue weighted by Crippen LogP contribution is 2.31. The molecule has 1 atom stereocenters. The minimum atomic E-state index is -3.92. The van der Waals surface area contributed by atoms with E-state index in [4.69, 9.17) is 5.73 Å². The Kier molecular flexibility index (Phi) is 4.21. The van der Waals surface area contributed by atoms with Crippen LogP contribution in [-0.2, 0) is 10.0 Å². The molecule has 0 aromatic heterocycles. The highest BCUT2D eigenvalue weighted by molar-refractivity contribution is 7.99. The van der Waals surface area contributed by atoms with Gasteiger partial charge in [0, 0.05) is 30.6 Å². The predicted molar refractivity (Wildman–Crippen MR) is 78.2 cm³/mol. The standard InChI is InChI=1S/C11H15N3O4S2/c1-13(9-4-5-19-7-9)20(17,18)11-6-8(12)2-3-10(11)14(15)16/h2-3,6,9H,4-5,7,12H2,1H3. The molecule has 1 aromatic carbocycles. The maximum atomic E-state index is 12.6. The van der Waals surface area contributed by atoms with Gasteiger partial charge in [0.25, 0.3) is 5.69 Å². The van der Waals surface area contributed by atoms with Crippen molar-refractivity contribution in [2.75, 3.05) is 24.3 Å². The Bertz CT molecular complexity index is 627. The average molecular weight is 317 g/mol. The number of nitro groups is 1. The summed E-state index contributed by atoms with van der Waals surface area (Å²) in [6.45, 7) is 0. The van der Waals surface area contributed by atoms with Crippen LogP contribution in [0.5, 0.6) is 0 Å². The number of nitrogens with zero attached hydrogens (tertiary/aromatic N) is 2. The summed E-state index contributed by atoms with van der Waals surface area (Å²) in [7, 11) is -2.47. The predicted octanol–water partition coefficient (Wildman–Crippen LogP) is 1.30. The second-order valence-electron chi connectivity index (χ2n) is 4.52. The van der Waals surface area contributed by atoms with Gasteiger partial charge >= 0.3 is 0 Å². The molecule has 1 aliphatic rings. The van der Waals surface area contributed by atoms with Gasteiger partial charge in [-0.2, -0.15) is 16.1 Å². The van der Waals surface area contributed by atoms with Gasteiger partial charge in [-0.25, -0.2) is 8.42 Å². The van der Waals surface area contributed by atoms with E-state index in [0.717, 1.165) is 24.3 Å². The summed E-state index contributed by atoms with van der Waals surface area (Å²) in [5.41, 5.74) is 5.30. The van der Waals surface area contributed by atoms with Crippen molar-refractivity contribution in [3.63, 3.8) is 0 Å². The van der Waals surface area contributed by atoms with Crippen LogP contribution in [0, 0.1) is 10.1 Å². The second kappa shape index (κ2) is 5.58. The highest BCUT2D eigenvalue weighted by atomic mass is 32.2. The number of hydrogen-bond donors (Lipinski definition) is 1. The average Bonchev–Trinajstić information content (AvgIpc) is 2.91. The normalized spacial score (nSPS) is 19.4. The number of sulfonamides is 1. The number of hydrogen-bond acceptors (Lipinski definition) is 6. The molecule has 9 heteroatoms. The van der Waals surface area contributed by atoms with Crippen molar-refractivity contribution < 1.29 is 13.3 Å². The summed E-state index contributed by atoms with van der Waals surface area (Å²) in [5.74, 6) is 1.59. The van der Waals surface area contributed by atoms with Crippen LogP contribution in [-0.4, -0.2) is 42.2 Å². The molecule has 2 N–H and O–H groups in total. The molecule has 1 aromatic rings. The van der Waals surface area contributed by atoms with Crippen molar-refractivity contribution >= 4 is 33.2 Å². The second-order valence-corrected chi connectivity index (χ2v) is 7.64. The molecule has 0 bridgehead atoms. The Hall–Kier alpha value is -1.32. The summed E-state index contributed by atoms with van der Waals surface area (Å²) in [4.78, 5) is 9.95. The number of rotatable bonds is 4. The van der Waals surface area contributed by atoms with Crippen LogP contribution in [0.1, 0.15) is 6.42 Å². The fourth-order valence-corrected chi connectivity index (χ4v) is 4.99. The molecule has 1 unspecified atom stereocenters. The molecule has 0 spiro atoms. The van der Waals surface area contributed by atoms with E-state index >= 15 is 0 Å². The molecule has 1 aliphatic heterocycles. The van der Waals surface area contributed by atoms with Gasteiger partial charge < -0.3 is 5.73 Å². The molecule has 0 radical (unpaired) electrons. The van der Waals surface area contributed by atoms with Crippen molar-refractivity contribution in [2.45, 2.75) is 17.4 Å². The topological polar surface area (TPSA) is 107 Å². The van der Waals surface area contributed by atoms with Crippen molar-refractivity contribution in [1.29, 1.82) is 0 Å². The van der Waals surface area contributed by atoms with E-state index in [1.807, 2.05) is 0 Å². The van der Waals surface area contributed by atoms with Gasteiger partial charge in [0.1, 0.15) is 0 Å². The van der Waals surface area contributed by atoms with E-state index in [1.54, 1.807) is 11.8 Å². The van der Waals surface area contributed by atoms with Crippen LogP contribution in [0.3, 0.4) is 0 Å². The van der Waals surface area contributed by atoms with Crippen LogP contribution in [0.4, 0.5) is 11.4 Å². The molecule has 0 saturated carbocycles. The van der Waals surface area contributed by atoms with E-state index in [9.17, 15) is 18.5 Å². The molecule has 1 heterocycles. The first kappa shape index (κ1) is 15.1. The van der Waals surface area contributed by atoms with Crippen LogP contribution in [0.25, 0.3) is 0 Å². The Labute approximate surface area is 121 Å². The minimum absolute atomic E-state index is 0.133. The van der Waals surface area contributed by atoms with Crippen molar-refractivity contribution in [3.05, 3.63) is 28.3 Å². The molecular formula is C11H15N3O4S2. The summed E-state index contributed by atoms with van der Waals surface area (Å²) >= 11 is 1.67. The van der Waals surface area contributed by atoms with Gasteiger partial charge in [-0.05, 0) is 24.3 Å². The molecule has 7 nitrogen and oxygen atoms in total. The number of nitrogen functional groups attached to an aromatic ring is 1. The van der Waals surface area contributed by atoms with Crippen LogP contribution in [0.2, 0.25) is 0 Å². The van der Waals surface area contributed by atoms with Crippen LogP contribution in [0.15, 0.2) is 23.1 Å². The Morgan fingerprint density at radius 2 is 2.20 bits per heavy atom. The molecule has 0 aliphatic carbocycles. The van der Waals surface area contributed by atoms with Crippen LogP contribution < -0.4 is 5.73 Å². The zero-order valence-electron chi connectivity index (χ0n) is 10.9. The molecule has 1 saturated heterocycles. The van der Waals surface area contributed by atoms with Crippen LogP contribution >= 0.6 is 11.8 Å². The molecule has 2 rings (SSSR count). The number of anilines is 1. The third kappa shape index (κ3) is 2.74. The first-order valence-electron chi connectivity index (χ1n) is 5.93. The molecule has 110 valence electrons. The molecular weight excluding hydrogens is 302 g/mol. The monoisotopic (exact) mass is 317 g/mol. The first-order valence-corrected chi connectivity index (χ1v) is 8.53. The van der Waals surface area contributed by atoms with Gasteiger partial charge in [-0.1, -0.05) is 0 Å². The van der Waals surface area contributed by atoms with Crippen molar-refractivity contribution in [3.8, 4) is 0 Å². The fourth-order valence-electron chi connectivity index (χ4n) is 2.05. The summed E-state index contributed by atoms with van der Waals surface area (Å²) < 4.78 is 26.3. The smallest absolute Gasteiger partial charge is 0.289 e. The Morgan fingerprint density at radius 3 is 2.75 bits per heavy atom. The van der Waals surface area contributed by atoms with E-state index < -0.39 is 20.6 Å². The number of thioether (sulfide) groups is 1. The highest BCUT2D eigenvalue weighted by Gasteiger charge is 2.34. The van der Waals surface area contributed by atoms with Crippen molar-refractivity contribution in [2.24, 2.45) is 0 Å². The summed E-state index contributed by atoms with van der Waals surface area (Å²) in [6.07, 6.45) is 0.747. The zero-order chi connectivity index (χ0) is 14.9. The third-order valence-corrected chi connectivity index (χ3v) is 6.34. The third-order valence-electron chi connectivity index (χ3n) is 3.26. The quantitative estimate of drug-likeness (QED) is 0.509. The lowest BCUT2D eigenvalue weighted by Crippen LogP contribution is -2.37. The Balaban J connectivity index is 2.47. The number of nitro benzene ring substituents is 1. The maximum absolute atomic E-state index is 12.6. The lowest BCUT2D eigenvalue weighted by molar-refractivity contribution is -0.387. The lowest BCUT2D eigenvalue weighted by atomic mass is 10.3. The molecule has 0 amide bonds. The zero-order valence-corrected chi connectivity index (χ0v) is 12.5. The van der Waals surface area contributed by atoms with E-state index in [2.05, 4.69) is 0 Å². The van der Waals surface area contributed by atoms with Gasteiger partial charge in [-0.3, -0.25) is 10.1 Å². The van der Waals surface area contributed by atoms with Gasteiger partial charge in [-0.15, -0.1) is 0 Å². The lowest BCUT2D eigenvalue weighted by Gasteiger charge is -2.23. The van der Waals surface area contributed by atoms with Gasteiger partial charge in [0.2, 0.25) is 10.0 Å². The van der Waals surface area contributed by atoms with Gasteiger partial charge in [0.05, 0.1) is 4.92 Å². The van der Waals surface area contributed by atoms with E-state index in [0.29, 0.717) is 5.75 Å². The van der Waals surface area contributed by atoms with E-state index in [-0.39, 0.29) is 16.6 Å². The Morgan fingerprint density at radius 1 is 1.50 bits per heavy atom. The largest absolute Gasteiger partial charge is 0.399 e. The first-order chi connectivity index (χ1) is 9.34. The number of nitrogens with two attached hydrogens (primary N) is 1. The maximum Gasteiger partial charge on any atom is 0.289 e. The van der Waals surface area contributed by atoms with E-state index in [1.165, 1.54) is 17.4 Å². The van der Waals surface area contributed by atoms with Crippen molar-refractivity contribution in [1.82, 2.24) is 4.31 Å². The fraction of sp³-hybridized carbons (Fsp3) is 0.455. The molecule has 20 heavy (non-hydrogen) atoms. The SMILES string of the molecule is CN(C1CCSC1)S(=O)(=O)c1cc(N)ccc1[N+](=O)[O-].